The molecule has 1 fully saturated rings. The first-order valence-electron chi connectivity index (χ1n) is 6.34. The Morgan fingerprint density at radius 3 is 2.44 bits per heavy atom. The second-order valence-corrected chi connectivity index (χ2v) is 5.48. The molecule has 1 N–H and O–H groups in total. The van der Waals surface area contributed by atoms with Crippen LogP contribution >= 0.6 is 0 Å². The summed E-state index contributed by atoms with van der Waals surface area (Å²) in [6.07, 6.45) is 0.875. The fourth-order valence-electron chi connectivity index (χ4n) is 2.18. The maximum Gasteiger partial charge on any atom is 0.238 e. The Hall–Kier alpha value is -1.23. The third-order valence-corrected chi connectivity index (χ3v) is 3.20. The number of nitrogens with zero attached hydrogens (tertiary/aromatic N) is 1. The summed E-state index contributed by atoms with van der Waals surface area (Å²) in [5.41, 5.74) is 0. The molecule has 0 aromatic carbocycles. The predicted octanol–water partition coefficient (Wildman–Crippen LogP) is 0.380. The molecule has 0 aromatic rings. The smallest absolute Gasteiger partial charge is 0.238 e. The summed E-state index contributed by atoms with van der Waals surface area (Å²) < 4.78 is 0. The van der Waals surface area contributed by atoms with Gasteiger partial charge >= 0.3 is 0 Å². The molecule has 0 saturated carbocycles. The van der Waals surface area contributed by atoms with Crippen molar-refractivity contribution in [3.05, 3.63) is 0 Å². The average molecular weight is 254 g/mol. The minimum atomic E-state index is -0.443. The van der Waals surface area contributed by atoms with Crippen molar-refractivity contribution < 1.29 is 14.4 Å². The van der Waals surface area contributed by atoms with Crippen molar-refractivity contribution in [2.75, 3.05) is 13.6 Å². The van der Waals surface area contributed by atoms with Gasteiger partial charge in [0.25, 0.3) is 0 Å². The molecule has 5 heteroatoms. The van der Waals surface area contributed by atoms with Crippen molar-refractivity contribution in [3.63, 3.8) is 0 Å². The van der Waals surface area contributed by atoms with Crippen molar-refractivity contribution in [3.8, 4) is 0 Å². The minimum Gasteiger partial charge on any atom is -0.345 e. The molecule has 1 saturated heterocycles. The third-order valence-electron chi connectivity index (χ3n) is 3.20. The lowest BCUT2D eigenvalue weighted by Gasteiger charge is -2.23. The van der Waals surface area contributed by atoms with Crippen LogP contribution in [-0.2, 0) is 14.4 Å². The summed E-state index contributed by atoms with van der Waals surface area (Å²) in [5.74, 6) is 0.149. The summed E-state index contributed by atoms with van der Waals surface area (Å²) >= 11 is 0. The molecule has 0 spiro atoms. The Morgan fingerprint density at radius 2 is 2.06 bits per heavy atom. The van der Waals surface area contributed by atoms with Crippen LogP contribution in [0.1, 0.15) is 33.6 Å². The molecule has 1 heterocycles. The zero-order chi connectivity index (χ0) is 13.9. The van der Waals surface area contributed by atoms with Crippen molar-refractivity contribution in [2.45, 2.75) is 45.7 Å². The fraction of sp³-hybridized carbons (Fsp3) is 0.769. The largest absolute Gasteiger partial charge is 0.345 e. The van der Waals surface area contributed by atoms with Crippen molar-refractivity contribution >= 4 is 17.5 Å². The molecule has 1 rings (SSSR count). The highest BCUT2D eigenvalue weighted by Crippen LogP contribution is 2.13. The number of likely N-dealkylation sites (N-methyl/N-ethyl adjacent to an activating group) is 1. The van der Waals surface area contributed by atoms with Crippen LogP contribution in [0, 0.1) is 5.92 Å². The van der Waals surface area contributed by atoms with Gasteiger partial charge in [-0.1, -0.05) is 13.8 Å². The molecule has 2 atom stereocenters. The number of likely N-dealkylation sites (tertiary alicyclic amines) is 1. The van der Waals surface area contributed by atoms with Crippen LogP contribution < -0.4 is 5.32 Å². The molecular weight excluding hydrogens is 232 g/mol. The molecule has 0 aromatic heterocycles. The Labute approximate surface area is 108 Å². The van der Waals surface area contributed by atoms with Crippen LogP contribution in [0.25, 0.3) is 0 Å². The number of carbonyl (C=O) groups is 3. The number of hydrogen-bond donors (Lipinski definition) is 1. The number of hydrogen-bond acceptors (Lipinski definition) is 4. The highest BCUT2D eigenvalue weighted by atomic mass is 16.2. The lowest BCUT2D eigenvalue weighted by Crippen LogP contribution is -2.48. The Balaban J connectivity index is 2.61. The molecule has 5 nitrogen and oxygen atoms in total. The molecule has 1 aliphatic heterocycles. The van der Waals surface area contributed by atoms with E-state index in [1.54, 1.807) is 11.9 Å². The maximum atomic E-state index is 12.0. The second kappa shape index (κ2) is 6.09. The first-order valence-corrected chi connectivity index (χ1v) is 6.34. The SMILES string of the molecule is CC(=O)[C@H](CC(C)C)NC(=O)[C@@H]1CC(=O)CN1C. The average Bonchev–Trinajstić information content (AvgIpc) is 2.56. The monoisotopic (exact) mass is 254 g/mol. The number of carbonyl (C=O) groups excluding carboxylic acids is 3. The van der Waals surface area contributed by atoms with E-state index in [1.807, 2.05) is 13.8 Å². The summed E-state index contributed by atoms with van der Waals surface area (Å²) in [5, 5.41) is 2.76. The van der Waals surface area contributed by atoms with Crippen LogP contribution in [0.3, 0.4) is 0 Å². The first kappa shape index (κ1) is 14.8. The molecule has 0 bridgehead atoms. The standard InChI is InChI=1S/C13H22N2O3/c1-8(2)5-11(9(3)16)14-13(18)12-6-10(17)7-15(12)4/h8,11-12H,5-7H2,1-4H3,(H,14,18)/t11-,12-/m0/s1. The van der Waals surface area contributed by atoms with Gasteiger partial charge in [-0.05, 0) is 26.3 Å². The van der Waals surface area contributed by atoms with Crippen LogP contribution in [-0.4, -0.2) is 48.0 Å². The van der Waals surface area contributed by atoms with E-state index in [0.29, 0.717) is 18.9 Å². The van der Waals surface area contributed by atoms with Crippen LogP contribution in [0.4, 0.5) is 0 Å². The fourth-order valence-corrected chi connectivity index (χ4v) is 2.18. The topological polar surface area (TPSA) is 66.5 Å². The van der Waals surface area contributed by atoms with Crippen LogP contribution in [0.2, 0.25) is 0 Å². The highest BCUT2D eigenvalue weighted by Gasteiger charge is 2.34. The number of ketones is 2. The molecule has 0 aliphatic carbocycles. The van der Waals surface area contributed by atoms with E-state index in [0.717, 1.165) is 0 Å². The summed E-state index contributed by atoms with van der Waals surface area (Å²) in [7, 11) is 1.75. The van der Waals surface area contributed by atoms with Crippen molar-refractivity contribution in [1.82, 2.24) is 10.2 Å². The maximum absolute atomic E-state index is 12.0. The van der Waals surface area contributed by atoms with E-state index in [9.17, 15) is 14.4 Å². The summed E-state index contributed by atoms with van der Waals surface area (Å²) in [4.78, 5) is 36.5. The van der Waals surface area contributed by atoms with Gasteiger partial charge in [-0.2, -0.15) is 0 Å². The third kappa shape index (κ3) is 3.91. The van der Waals surface area contributed by atoms with Gasteiger partial charge in [-0.15, -0.1) is 0 Å². The molecular formula is C13H22N2O3. The minimum absolute atomic E-state index is 0.0379. The van der Waals surface area contributed by atoms with Gasteiger partial charge in [-0.25, -0.2) is 0 Å². The quantitative estimate of drug-likeness (QED) is 0.770. The number of nitrogens with one attached hydrogen (secondary N) is 1. The zero-order valence-corrected chi connectivity index (χ0v) is 11.5. The van der Waals surface area contributed by atoms with Gasteiger partial charge in [0.05, 0.1) is 18.6 Å². The normalized spacial score (nSPS) is 22.3. The Kier molecular flexibility index (Phi) is 5.02. The van der Waals surface area contributed by atoms with E-state index in [2.05, 4.69) is 5.32 Å². The van der Waals surface area contributed by atoms with Gasteiger partial charge in [0, 0.05) is 6.42 Å². The highest BCUT2D eigenvalue weighted by molar-refractivity contribution is 5.95. The lowest BCUT2D eigenvalue weighted by atomic mass is 10.0. The summed E-state index contributed by atoms with van der Waals surface area (Å²) in [6.45, 7) is 5.81. The van der Waals surface area contributed by atoms with E-state index < -0.39 is 12.1 Å². The summed E-state index contributed by atoms with van der Waals surface area (Å²) in [6, 6.07) is -0.867. The van der Waals surface area contributed by atoms with Gasteiger partial charge in [0.2, 0.25) is 5.91 Å². The number of Topliss-reactive ketones (excluding diaryl/α,β-unsaturated/α-hetero) is 2. The number of amides is 1. The van der Waals surface area contributed by atoms with Crippen molar-refractivity contribution in [2.24, 2.45) is 5.92 Å². The first-order chi connectivity index (χ1) is 8.31. The Bertz CT molecular complexity index is 352. The molecule has 18 heavy (non-hydrogen) atoms. The second-order valence-electron chi connectivity index (χ2n) is 5.48. The Morgan fingerprint density at radius 1 is 1.44 bits per heavy atom. The van der Waals surface area contributed by atoms with Crippen LogP contribution in [0.5, 0.6) is 0 Å². The van der Waals surface area contributed by atoms with E-state index in [-0.39, 0.29) is 23.9 Å². The molecule has 0 unspecified atom stereocenters. The molecule has 0 radical (unpaired) electrons. The van der Waals surface area contributed by atoms with Gasteiger partial charge in [-0.3, -0.25) is 19.3 Å². The van der Waals surface area contributed by atoms with E-state index in [4.69, 9.17) is 0 Å². The zero-order valence-electron chi connectivity index (χ0n) is 11.5. The molecule has 102 valence electrons. The molecule has 1 amide bonds. The van der Waals surface area contributed by atoms with Gasteiger partial charge in [0.15, 0.2) is 5.78 Å². The predicted molar refractivity (Wildman–Crippen MR) is 68.1 cm³/mol. The van der Waals surface area contributed by atoms with Gasteiger partial charge < -0.3 is 5.32 Å². The van der Waals surface area contributed by atoms with Crippen LogP contribution in [0.15, 0.2) is 0 Å². The molecule has 1 aliphatic rings. The van der Waals surface area contributed by atoms with Gasteiger partial charge in [0.1, 0.15) is 5.78 Å². The lowest BCUT2D eigenvalue weighted by molar-refractivity contribution is -0.130. The number of rotatable bonds is 5. The van der Waals surface area contributed by atoms with E-state index >= 15 is 0 Å². The van der Waals surface area contributed by atoms with E-state index in [1.165, 1.54) is 6.92 Å². The van der Waals surface area contributed by atoms with Crippen molar-refractivity contribution in [1.29, 1.82) is 0 Å².